The van der Waals surface area contributed by atoms with Crippen molar-refractivity contribution in [3.8, 4) is 0 Å². The van der Waals surface area contributed by atoms with Crippen LogP contribution in [0.1, 0.15) is 18.4 Å². The number of amides is 1. The predicted octanol–water partition coefficient (Wildman–Crippen LogP) is 0.383. The second-order valence-corrected chi connectivity index (χ2v) is 5.10. The van der Waals surface area contributed by atoms with Crippen LogP contribution in [0.4, 0.5) is 0 Å². The Kier molecular flexibility index (Phi) is 8.70. The Balaban J connectivity index is 2.50. The minimum absolute atomic E-state index is 0.165. The summed E-state index contributed by atoms with van der Waals surface area (Å²) in [5.74, 6) is -3.40. The number of rotatable bonds is 8. The van der Waals surface area contributed by atoms with Crippen molar-refractivity contribution in [2.75, 3.05) is 20.8 Å². The highest BCUT2D eigenvalue weighted by atomic mass is 16.5. The second kappa shape index (κ2) is 10.8. The minimum atomic E-state index is -1.12. The Hall–Kier alpha value is -2.90. The molecule has 0 bridgehead atoms. The molecule has 0 fully saturated rings. The van der Waals surface area contributed by atoms with Gasteiger partial charge in [-0.05, 0) is 5.56 Å². The lowest BCUT2D eigenvalue weighted by molar-refractivity contribution is -0.154. The molecular formula is C17H21NO7. The Morgan fingerprint density at radius 3 is 2.20 bits per heavy atom. The highest BCUT2D eigenvalue weighted by molar-refractivity contribution is 6.32. The van der Waals surface area contributed by atoms with E-state index in [0.29, 0.717) is 6.42 Å². The van der Waals surface area contributed by atoms with Crippen LogP contribution in [0.5, 0.6) is 0 Å². The summed E-state index contributed by atoms with van der Waals surface area (Å²) in [5, 5.41) is 2.26. The van der Waals surface area contributed by atoms with Crippen molar-refractivity contribution in [1.29, 1.82) is 0 Å². The van der Waals surface area contributed by atoms with Crippen LogP contribution in [0, 0.1) is 0 Å². The number of esters is 3. The van der Waals surface area contributed by atoms with Crippen LogP contribution >= 0.6 is 0 Å². The number of hydrogen-bond donors (Lipinski definition) is 1. The molecule has 0 heterocycles. The van der Waals surface area contributed by atoms with E-state index < -0.39 is 29.9 Å². The van der Waals surface area contributed by atoms with Gasteiger partial charge in [0, 0.05) is 6.42 Å². The van der Waals surface area contributed by atoms with Crippen LogP contribution in [0.25, 0.3) is 0 Å². The summed E-state index contributed by atoms with van der Waals surface area (Å²) in [6, 6.07) is 8.53. The van der Waals surface area contributed by atoms with Gasteiger partial charge in [0.25, 0.3) is 0 Å². The van der Waals surface area contributed by atoms with Crippen LogP contribution in [0.2, 0.25) is 0 Å². The zero-order valence-electron chi connectivity index (χ0n) is 14.2. The van der Waals surface area contributed by atoms with Crippen LogP contribution in [-0.4, -0.2) is 50.7 Å². The van der Waals surface area contributed by atoms with Crippen molar-refractivity contribution < 1.29 is 33.4 Å². The molecule has 0 saturated carbocycles. The van der Waals surface area contributed by atoms with Gasteiger partial charge in [0.1, 0.15) is 0 Å². The van der Waals surface area contributed by atoms with E-state index in [1.54, 1.807) is 0 Å². The minimum Gasteiger partial charge on any atom is -0.469 e. The molecule has 0 aliphatic heterocycles. The maximum absolute atomic E-state index is 11.9. The lowest BCUT2D eigenvalue weighted by Crippen LogP contribution is -2.42. The normalized spacial score (nSPS) is 11.1. The molecule has 0 aromatic heterocycles. The SMILES string of the molecule is COC(=O)CC(CC(=O)OCCc1ccccc1)NC(=O)C(=O)OC. The molecule has 0 spiro atoms. The smallest absolute Gasteiger partial charge is 0.396 e. The predicted molar refractivity (Wildman–Crippen MR) is 86.3 cm³/mol. The lowest BCUT2D eigenvalue weighted by atomic mass is 10.1. The molecule has 0 aliphatic carbocycles. The summed E-state index contributed by atoms with van der Waals surface area (Å²) in [5.41, 5.74) is 1.01. The molecule has 0 radical (unpaired) electrons. The van der Waals surface area contributed by atoms with E-state index in [1.165, 1.54) is 7.11 Å². The molecule has 0 aliphatic rings. The van der Waals surface area contributed by atoms with Crippen molar-refractivity contribution >= 4 is 23.8 Å². The first-order valence-electron chi connectivity index (χ1n) is 7.61. The average Bonchev–Trinajstić information content (AvgIpc) is 2.61. The molecule has 1 N–H and O–H groups in total. The van der Waals surface area contributed by atoms with Crippen LogP contribution in [0.3, 0.4) is 0 Å². The number of carbonyl (C=O) groups excluding carboxylic acids is 4. The molecule has 1 rings (SSSR count). The molecule has 1 amide bonds. The average molecular weight is 351 g/mol. The van der Waals surface area contributed by atoms with Gasteiger partial charge in [0.2, 0.25) is 0 Å². The van der Waals surface area contributed by atoms with Gasteiger partial charge in [-0.1, -0.05) is 30.3 Å². The Morgan fingerprint density at radius 2 is 1.60 bits per heavy atom. The summed E-state index contributed by atoms with van der Waals surface area (Å²) in [4.78, 5) is 46.0. The molecule has 136 valence electrons. The Bertz CT molecular complexity index is 600. The number of ether oxygens (including phenoxy) is 3. The van der Waals surface area contributed by atoms with Crippen LogP contribution in [0.15, 0.2) is 30.3 Å². The topological polar surface area (TPSA) is 108 Å². The summed E-state index contributed by atoms with van der Waals surface area (Å²) in [6.07, 6.45) is 0.00239. The van der Waals surface area contributed by atoms with Crippen LogP contribution in [-0.2, 0) is 39.8 Å². The first-order chi connectivity index (χ1) is 12.0. The molecule has 1 aromatic rings. The van der Waals surface area contributed by atoms with Gasteiger partial charge in [-0.3, -0.25) is 14.4 Å². The van der Waals surface area contributed by atoms with Gasteiger partial charge in [-0.15, -0.1) is 0 Å². The molecule has 1 atom stereocenters. The van der Waals surface area contributed by atoms with Gasteiger partial charge in [0.15, 0.2) is 0 Å². The van der Waals surface area contributed by atoms with E-state index >= 15 is 0 Å². The Labute approximate surface area is 145 Å². The zero-order valence-corrected chi connectivity index (χ0v) is 14.2. The van der Waals surface area contributed by atoms with Gasteiger partial charge in [-0.25, -0.2) is 4.79 Å². The first kappa shape index (κ1) is 20.1. The van der Waals surface area contributed by atoms with Gasteiger partial charge < -0.3 is 19.5 Å². The van der Waals surface area contributed by atoms with Gasteiger partial charge in [-0.2, -0.15) is 0 Å². The fourth-order valence-corrected chi connectivity index (χ4v) is 1.98. The van der Waals surface area contributed by atoms with Gasteiger partial charge in [0.05, 0.1) is 39.7 Å². The number of nitrogens with one attached hydrogen (secondary N) is 1. The van der Waals surface area contributed by atoms with Crippen molar-refractivity contribution in [1.82, 2.24) is 5.32 Å². The third kappa shape index (κ3) is 7.96. The fourth-order valence-electron chi connectivity index (χ4n) is 1.98. The largest absolute Gasteiger partial charge is 0.469 e. The highest BCUT2D eigenvalue weighted by Crippen LogP contribution is 2.04. The standard InChI is InChI=1S/C17H21NO7/c1-23-14(19)10-13(18-16(21)17(22)24-2)11-15(20)25-9-8-12-6-4-3-5-7-12/h3-7,13H,8-11H2,1-2H3,(H,18,21). The van der Waals surface area contributed by atoms with Crippen LogP contribution < -0.4 is 5.32 Å². The van der Waals surface area contributed by atoms with E-state index in [9.17, 15) is 19.2 Å². The molecule has 8 heteroatoms. The molecule has 25 heavy (non-hydrogen) atoms. The summed E-state index contributed by atoms with van der Waals surface area (Å²) in [7, 11) is 2.23. The van der Waals surface area contributed by atoms with E-state index in [0.717, 1.165) is 12.7 Å². The van der Waals surface area contributed by atoms with Gasteiger partial charge >= 0.3 is 23.8 Å². The molecule has 1 unspecified atom stereocenters. The fraction of sp³-hybridized carbons (Fsp3) is 0.412. The van der Waals surface area contributed by atoms with Crippen molar-refractivity contribution in [3.05, 3.63) is 35.9 Å². The number of benzene rings is 1. The number of hydrogen-bond acceptors (Lipinski definition) is 7. The van der Waals surface area contributed by atoms with E-state index in [-0.39, 0.29) is 19.4 Å². The third-order valence-corrected chi connectivity index (χ3v) is 3.26. The number of methoxy groups -OCH3 is 2. The second-order valence-electron chi connectivity index (χ2n) is 5.10. The van der Waals surface area contributed by atoms with Crippen molar-refractivity contribution in [2.24, 2.45) is 0 Å². The highest BCUT2D eigenvalue weighted by Gasteiger charge is 2.24. The van der Waals surface area contributed by atoms with E-state index in [4.69, 9.17) is 4.74 Å². The van der Waals surface area contributed by atoms with E-state index in [2.05, 4.69) is 14.8 Å². The van der Waals surface area contributed by atoms with Crippen molar-refractivity contribution in [3.63, 3.8) is 0 Å². The maximum atomic E-state index is 11.9. The lowest BCUT2D eigenvalue weighted by Gasteiger charge is -2.16. The molecule has 8 nitrogen and oxygen atoms in total. The molecular weight excluding hydrogens is 330 g/mol. The summed E-state index contributed by atoms with van der Waals surface area (Å²) < 4.78 is 13.9. The molecule has 1 aromatic carbocycles. The monoisotopic (exact) mass is 351 g/mol. The summed E-state index contributed by atoms with van der Waals surface area (Å²) >= 11 is 0. The third-order valence-electron chi connectivity index (χ3n) is 3.26. The quantitative estimate of drug-likeness (QED) is 0.410. The first-order valence-corrected chi connectivity index (χ1v) is 7.61. The molecule has 0 saturated heterocycles. The van der Waals surface area contributed by atoms with Crippen molar-refractivity contribution in [2.45, 2.75) is 25.3 Å². The zero-order chi connectivity index (χ0) is 18.7. The maximum Gasteiger partial charge on any atom is 0.396 e. The van der Waals surface area contributed by atoms with E-state index in [1.807, 2.05) is 30.3 Å². The summed E-state index contributed by atoms with van der Waals surface area (Å²) in [6.45, 7) is 0.165. The Morgan fingerprint density at radius 1 is 0.960 bits per heavy atom. The number of carbonyl (C=O) groups is 4.